The third kappa shape index (κ3) is 4.29. The van der Waals surface area contributed by atoms with Crippen LogP contribution in [0.1, 0.15) is 27.9 Å². The Bertz CT molecular complexity index is 669. The molecule has 0 heterocycles. The molecule has 2 aromatic carbocycles. The van der Waals surface area contributed by atoms with Gasteiger partial charge in [0, 0.05) is 0 Å². The van der Waals surface area contributed by atoms with Crippen molar-refractivity contribution < 1.29 is 14.3 Å². The summed E-state index contributed by atoms with van der Waals surface area (Å²) in [6.45, 7) is 0. The topological polar surface area (TPSA) is 67.2 Å². The summed E-state index contributed by atoms with van der Waals surface area (Å²) in [5.74, 6) is -1.26. The molecular weight excluding hydrogens is 266 g/mol. The molecule has 2 aromatic rings. The summed E-state index contributed by atoms with van der Waals surface area (Å²) >= 11 is 0. The molecule has 4 nitrogen and oxygen atoms in total. The van der Waals surface area contributed by atoms with Gasteiger partial charge in [0.05, 0.1) is 23.6 Å². The number of rotatable bonds is 4. The first kappa shape index (κ1) is 14.5. The highest BCUT2D eigenvalue weighted by molar-refractivity contribution is 5.96. The van der Waals surface area contributed by atoms with E-state index in [4.69, 9.17) is 10.00 Å². The quantitative estimate of drug-likeness (QED) is 0.637. The van der Waals surface area contributed by atoms with Crippen molar-refractivity contribution in [2.75, 3.05) is 0 Å². The molecule has 104 valence electrons. The molecule has 0 aliphatic carbocycles. The average Bonchev–Trinajstić information content (AvgIpc) is 2.54. The number of nitrogens with zero attached hydrogens (tertiary/aromatic N) is 1. The number of esters is 2. The molecule has 0 atom stereocenters. The Balaban J connectivity index is 1.87. The molecule has 21 heavy (non-hydrogen) atoms. The normalized spacial score (nSPS) is 9.67. The Morgan fingerprint density at radius 1 is 1.00 bits per heavy atom. The fourth-order valence-corrected chi connectivity index (χ4v) is 1.79. The van der Waals surface area contributed by atoms with Gasteiger partial charge in [-0.3, -0.25) is 4.79 Å². The maximum absolute atomic E-state index is 11.7. The molecule has 0 radical (unpaired) electrons. The Morgan fingerprint density at radius 3 is 2.29 bits per heavy atom. The first-order valence-electron chi connectivity index (χ1n) is 6.48. The minimum absolute atomic E-state index is 0.145. The van der Waals surface area contributed by atoms with Gasteiger partial charge < -0.3 is 4.74 Å². The SMILES string of the molecule is N#Cc1ccc(C(=O)OC(=O)CCc2ccccc2)cc1. The van der Waals surface area contributed by atoms with Crippen LogP contribution < -0.4 is 0 Å². The van der Waals surface area contributed by atoms with Crippen LogP contribution in [0.25, 0.3) is 0 Å². The fourth-order valence-electron chi connectivity index (χ4n) is 1.79. The van der Waals surface area contributed by atoms with Gasteiger partial charge in [-0.05, 0) is 36.2 Å². The Kier molecular flexibility index (Phi) is 4.84. The maximum atomic E-state index is 11.7. The summed E-state index contributed by atoms with van der Waals surface area (Å²) in [5, 5.41) is 8.67. The van der Waals surface area contributed by atoms with Crippen molar-refractivity contribution >= 4 is 11.9 Å². The number of carbonyl (C=O) groups is 2. The average molecular weight is 279 g/mol. The summed E-state index contributed by atoms with van der Waals surface area (Å²) in [6.07, 6.45) is 0.673. The van der Waals surface area contributed by atoms with Crippen molar-refractivity contribution in [1.29, 1.82) is 5.26 Å². The second kappa shape index (κ2) is 7.01. The molecule has 0 saturated heterocycles. The molecule has 0 spiro atoms. The molecule has 0 aliphatic heterocycles. The lowest BCUT2D eigenvalue weighted by atomic mass is 10.1. The van der Waals surface area contributed by atoms with E-state index in [1.165, 1.54) is 24.3 Å². The van der Waals surface area contributed by atoms with Gasteiger partial charge >= 0.3 is 11.9 Å². The van der Waals surface area contributed by atoms with Crippen molar-refractivity contribution in [1.82, 2.24) is 0 Å². The summed E-state index contributed by atoms with van der Waals surface area (Å²) in [7, 11) is 0. The van der Waals surface area contributed by atoms with E-state index >= 15 is 0 Å². The van der Waals surface area contributed by atoms with Crippen LogP contribution in [-0.4, -0.2) is 11.9 Å². The predicted octanol–water partition coefficient (Wildman–Crippen LogP) is 2.87. The molecule has 0 aromatic heterocycles. The van der Waals surface area contributed by atoms with Crippen LogP contribution in [0, 0.1) is 11.3 Å². The highest BCUT2D eigenvalue weighted by Crippen LogP contribution is 2.07. The fraction of sp³-hybridized carbons (Fsp3) is 0.118. The monoisotopic (exact) mass is 279 g/mol. The number of ether oxygens (including phenoxy) is 1. The standard InChI is InChI=1S/C17H13NO3/c18-12-14-6-9-15(10-7-14)17(20)21-16(19)11-8-13-4-2-1-3-5-13/h1-7,9-10H,8,11H2. The van der Waals surface area contributed by atoms with E-state index in [9.17, 15) is 9.59 Å². The lowest BCUT2D eigenvalue weighted by Gasteiger charge is -2.03. The van der Waals surface area contributed by atoms with Gasteiger partial charge in [-0.2, -0.15) is 5.26 Å². The number of nitriles is 1. The molecular formula is C17H13NO3. The van der Waals surface area contributed by atoms with E-state index in [1.54, 1.807) is 0 Å². The number of carbonyl (C=O) groups excluding carboxylic acids is 2. The van der Waals surface area contributed by atoms with Crippen molar-refractivity contribution in [3.05, 3.63) is 71.3 Å². The highest BCUT2D eigenvalue weighted by atomic mass is 16.6. The zero-order valence-electron chi connectivity index (χ0n) is 11.3. The Morgan fingerprint density at radius 2 is 1.67 bits per heavy atom. The van der Waals surface area contributed by atoms with Crippen molar-refractivity contribution in [3.63, 3.8) is 0 Å². The molecule has 0 saturated carbocycles. The van der Waals surface area contributed by atoms with Crippen LogP contribution in [0.15, 0.2) is 54.6 Å². The molecule has 4 heteroatoms. The van der Waals surface area contributed by atoms with E-state index in [2.05, 4.69) is 0 Å². The van der Waals surface area contributed by atoms with Crippen molar-refractivity contribution in [2.45, 2.75) is 12.8 Å². The van der Waals surface area contributed by atoms with Gasteiger partial charge in [-0.15, -0.1) is 0 Å². The molecule has 0 unspecified atom stereocenters. The first-order valence-corrected chi connectivity index (χ1v) is 6.48. The third-order valence-electron chi connectivity index (χ3n) is 2.92. The summed E-state index contributed by atoms with van der Waals surface area (Å²) in [5.41, 5.74) is 1.71. The van der Waals surface area contributed by atoms with E-state index in [-0.39, 0.29) is 12.0 Å². The summed E-state index contributed by atoms with van der Waals surface area (Å²) in [4.78, 5) is 23.4. The second-order valence-corrected chi connectivity index (χ2v) is 4.44. The summed E-state index contributed by atoms with van der Waals surface area (Å²) < 4.78 is 4.77. The summed E-state index contributed by atoms with van der Waals surface area (Å²) in [6, 6.07) is 17.4. The molecule has 0 bridgehead atoms. The largest absolute Gasteiger partial charge is 0.389 e. The van der Waals surface area contributed by atoms with Crippen LogP contribution in [0.4, 0.5) is 0 Å². The first-order chi connectivity index (χ1) is 10.2. The predicted molar refractivity (Wildman–Crippen MR) is 76.3 cm³/mol. The smallest absolute Gasteiger partial charge is 0.345 e. The molecule has 0 aliphatic rings. The lowest BCUT2D eigenvalue weighted by molar-refractivity contribution is -0.137. The van der Waals surface area contributed by atoms with Gasteiger partial charge in [-0.1, -0.05) is 30.3 Å². The van der Waals surface area contributed by atoms with E-state index < -0.39 is 11.9 Å². The van der Waals surface area contributed by atoms with Crippen LogP contribution in [-0.2, 0) is 16.0 Å². The van der Waals surface area contributed by atoms with E-state index in [0.29, 0.717) is 12.0 Å². The van der Waals surface area contributed by atoms with Gasteiger partial charge in [0.15, 0.2) is 0 Å². The van der Waals surface area contributed by atoms with Crippen LogP contribution in [0.3, 0.4) is 0 Å². The molecule has 0 N–H and O–H groups in total. The lowest BCUT2D eigenvalue weighted by Crippen LogP contribution is -2.13. The van der Waals surface area contributed by atoms with Gasteiger partial charge in [0.25, 0.3) is 0 Å². The second-order valence-electron chi connectivity index (χ2n) is 4.44. The van der Waals surface area contributed by atoms with Gasteiger partial charge in [0.2, 0.25) is 0 Å². The van der Waals surface area contributed by atoms with Crippen LogP contribution in [0.5, 0.6) is 0 Å². The Hall–Kier alpha value is -2.93. The number of hydrogen-bond donors (Lipinski definition) is 0. The van der Waals surface area contributed by atoms with Gasteiger partial charge in [-0.25, -0.2) is 4.79 Å². The van der Waals surface area contributed by atoms with Crippen LogP contribution >= 0.6 is 0 Å². The number of benzene rings is 2. The molecule has 0 fully saturated rings. The van der Waals surface area contributed by atoms with Crippen molar-refractivity contribution in [3.8, 4) is 6.07 Å². The highest BCUT2D eigenvalue weighted by Gasteiger charge is 2.12. The maximum Gasteiger partial charge on any atom is 0.345 e. The number of hydrogen-bond acceptors (Lipinski definition) is 4. The van der Waals surface area contributed by atoms with E-state index in [0.717, 1.165) is 5.56 Å². The molecule has 0 amide bonds. The van der Waals surface area contributed by atoms with E-state index in [1.807, 2.05) is 36.4 Å². The third-order valence-corrected chi connectivity index (χ3v) is 2.92. The molecule has 2 rings (SSSR count). The number of aryl methyl sites for hydroxylation is 1. The zero-order chi connectivity index (χ0) is 15.1. The van der Waals surface area contributed by atoms with Crippen molar-refractivity contribution in [2.24, 2.45) is 0 Å². The van der Waals surface area contributed by atoms with Gasteiger partial charge in [0.1, 0.15) is 0 Å². The van der Waals surface area contributed by atoms with Crippen LogP contribution in [0.2, 0.25) is 0 Å². The minimum atomic E-state index is -0.697. The zero-order valence-corrected chi connectivity index (χ0v) is 11.3. The Labute approximate surface area is 122 Å². The minimum Gasteiger partial charge on any atom is -0.389 e.